The third-order valence-corrected chi connectivity index (χ3v) is 2.98. The number of hydrogen-bond donors (Lipinski definition) is 4. The molecule has 0 saturated carbocycles. The first kappa shape index (κ1) is 20.6. The normalized spacial score (nSPS) is 13.2. The van der Waals surface area contributed by atoms with Crippen LogP contribution in [0.1, 0.15) is 5.56 Å². The van der Waals surface area contributed by atoms with E-state index in [1.54, 1.807) is 7.05 Å². The van der Waals surface area contributed by atoms with Crippen LogP contribution in [0.5, 0.6) is 0 Å². The lowest BCUT2D eigenvalue weighted by Crippen LogP contribution is -2.24. The minimum atomic E-state index is -4.87. The summed E-state index contributed by atoms with van der Waals surface area (Å²) in [5.41, 5.74) is 2.51. The van der Waals surface area contributed by atoms with Gasteiger partial charge in [0.25, 0.3) is 0 Å². The van der Waals surface area contributed by atoms with Gasteiger partial charge in [0.15, 0.2) is 5.71 Å². The molecule has 0 heterocycles. The van der Waals surface area contributed by atoms with Gasteiger partial charge in [0, 0.05) is 25.2 Å². The summed E-state index contributed by atoms with van der Waals surface area (Å²) in [6.07, 6.45) is -4.65. The zero-order valence-corrected chi connectivity index (χ0v) is 13.3. The van der Waals surface area contributed by atoms with Crippen LogP contribution in [0.15, 0.2) is 35.0 Å². The second kappa shape index (κ2) is 9.14. The summed E-state index contributed by atoms with van der Waals surface area (Å²) in [7, 11) is 1.76. The van der Waals surface area contributed by atoms with E-state index in [1.165, 1.54) is 6.07 Å². The fraction of sp³-hybridized carbons (Fsp3) is 0.333. The molecule has 0 atom stereocenters. The molecule has 0 radical (unpaired) electrons. The lowest BCUT2D eigenvalue weighted by molar-refractivity contribution is -0.129. The van der Waals surface area contributed by atoms with Crippen LogP contribution < -0.4 is 16.4 Å². The molecule has 1 aromatic carbocycles. The van der Waals surface area contributed by atoms with E-state index in [2.05, 4.69) is 15.6 Å². The molecule has 6 nitrogen and oxygen atoms in total. The first-order valence-corrected chi connectivity index (χ1v) is 7.15. The van der Waals surface area contributed by atoms with Crippen molar-refractivity contribution < 1.29 is 27.5 Å². The largest absolute Gasteiger partial charge is 0.477 e. The fourth-order valence-electron chi connectivity index (χ4n) is 1.71. The topological polar surface area (TPSA) is 99.7 Å². The maximum atomic E-state index is 13.7. The van der Waals surface area contributed by atoms with Crippen molar-refractivity contribution in [3.8, 4) is 0 Å². The highest BCUT2D eigenvalue weighted by molar-refractivity contribution is 6.41. The van der Waals surface area contributed by atoms with E-state index in [0.29, 0.717) is 13.1 Å². The maximum Gasteiger partial charge on any atom is 0.430 e. The number of halogens is 4. The van der Waals surface area contributed by atoms with Gasteiger partial charge in [-0.25, -0.2) is 14.2 Å². The van der Waals surface area contributed by atoms with Crippen LogP contribution >= 0.6 is 0 Å². The number of nitrogens with one attached hydrogen (secondary N) is 2. The Balaban J connectivity index is 3.08. The van der Waals surface area contributed by atoms with Gasteiger partial charge >= 0.3 is 12.1 Å². The lowest BCUT2D eigenvalue weighted by Gasteiger charge is -2.08. The van der Waals surface area contributed by atoms with Crippen LogP contribution in [0, 0.1) is 5.82 Å². The Morgan fingerprint density at radius 3 is 2.60 bits per heavy atom. The molecule has 0 amide bonds. The molecule has 0 unspecified atom stereocenters. The summed E-state index contributed by atoms with van der Waals surface area (Å²) < 4.78 is 51.0. The minimum absolute atomic E-state index is 0.00422. The Morgan fingerprint density at radius 1 is 1.36 bits per heavy atom. The first-order valence-electron chi connectivity index (χ1n) is 7.15. The number of carboxylic acid groups (broad SMARTS) is 1. The van der Waals surface area contributed by atoms with Gasteiger partial charge in [0.05, 0.1) is 5.69 Å². The summed E-state index contributed by atoms with van der Waals surface area (Å²) in [5, 5.41) is 14.8. The highest BCUT2D eigenvalue weighted by Crippen LogP contribution is 2.22. The molecule has 1 aromatic rings. The van der Waals surface area contributed by atoms with E-state index in [0.717, 1.165) is 12.1 Å². The fourth-order valence-corrected chi connectivity index (χ4v) is 1.71. The van der Waals surface area contributed by atoms with Crippen molar-refractivity contribution in [2.24, 2.45) is 10.7 Å². The molecule has 25 heavy (non-hydrogen) atoms. The second-order valence-electron chi connectivity index (χ2n) is 4.96. The molecular formula is C15H18F4N4O2. The molecule has 0 aliphatic heterocycles. The van der Waals surface area contributed by atoms with Crippen LogP contribution in [0.25, 0.3) is 0 Å². The van der Waals surface area contributed by atoms with Gasteiger partial charge in [-0.3, -0.25) is 0 Å². The van der Waals surface area contributed by atoms with Gasteiger partial charge < -0.3 is 21.5 Å². The van der Waals surface area contributed by atoms with Gasteiger partial charge in [-0.1, -0.05) is 0 Å². The van der Waals surface area contributed by atoms with Crippen molar-refractivity contribution in [1.29, 1.82) is 0 Å². The standard InChI is InChI=1S/C15H18F4N4O2/c1-21-4-5-22-8-9-6-10(2-3-11(9)16)23-12(14(24)25)7-13(20)15(17,18)19/h2-3,6-7,21-22H,4-5,8,20H2,1H3,(H,24,25)/b13-7-,23-12?. The van der Waals surface area contributed by atoms with Gasteiger partial charge in [-0.15, -0.1) is 0 Å². The van der Waals surface area contributed by atoms with E-state index in [1.807, 2.05) is 0 Å². The molecular weight excluding hydrogens is 344 g/mol. The molecule has 0 aliphatic rings. The summed E-state index contributed by atoms with van der Waals surface area (Å²) in [5.74, 6) is -2.23. The molecule has 138 valence electrons. The molecule has 5 N–H and O–H groups in total. The number of alkyl halides is 3. The zero-order valence-electron chi connectivity index (χ0n) is 13.3. The Hall–Kier alpha value is -2.46. The van der Waals surface area contributed by atoms with Crippen LogP contribution in [-0.2, 0) is 11.3 Å². The highest BCUT2D eigenvalue weighted by atomic mass is 19.4. The molecule has 1 rings (SSSR count). The number of benzene rings is 1. The van der Waals surface area contributed by atoms with Gasteiger partial charge in [0.1, 0.15) is 11.5 Å². The van der Waals surface area contributed by atoms with E-state index in [9.17, 15) is 22.4 Å². The van der Waals surface area contributed by atoms with Crippen molar-refractivity contribution in [1.82, 2.24) is 10.6 Å². The molecule has 0 aliphatic carbocycles. The quantitative estimate of drug-likeness (QED) is 0.320. The van der Waals surface area contributed by atoms with Crippen LogP contribution in [0.4, 0.5) is 23.2 Å². The average molecular weight is 362 g/mol. The minimum Gasteiger partial charge on any atom is -0.477 e. The average Bonchev–Trinajstić information content (AvgIpc) is 2.52. The zero-order chi connectivity index (χ0) is 19.0. The van der Waals surface area contributed by atoms with Crippen molar-refractivity contribution in [3.05, 3.63) is 41.4 Å². The molecule has 0 bridgehead atoms. The summed E-state index contributed by atoms with van der Waals surface area (Å²) in [4.78, 5) is 14.7. The third kappa shape index (κ3) is 6.89. The second-order valence-corrected chi connectivity index (χ2v) is 4.96. The first-order chi connectivity index (χ1) is 11.6. The molecule has 10 heteroatoms. The number of allylic oxidation sites excluding steroid dienone is 1. The Bertz CT molecular complexity index is 672. The Morgan fingerprint density at radius 2 is 2.04 bits per heavy atom. The summed E-state index contributed by atoms with van der Waals surface area (Å²) in [6, 6.07) is 3.47. The number of carboxylic acids is 1. The van der Waals surface area contributed by atoms with Gasteiger partial charge in [0.2, 0.25) is 0 Å². The van der Waals surface area contributed by atoms with Crippen molar-refractivity contribution in [2.45, 2.75) is 12.7 Å². The maximum absolute atomic E-state index is 13.7. The molecule has 0 saturated heterocycles. The third-order valence-electron chi connectivity index (χ3n) is 2.98. The number of aliphatic carboxylic acids is 1. The van der Waals surface area contributed by atoms with E-state index < -0.39 is 29.4 Å². The SMILES string of the molecule is CNCCNCc1cc(N=C(/C=C(\N)C(F)(F)F)C(=O)O)ccc1F. The molecule has 0 fully saturated rings. The number of nitrogens with zero attached hydrogens (tertiary/aromatic N) is 1. The van der Waals surface area contributed by atoms with Crippen LogP contribution in [0.3, 0.4) is 0 Å². The predicted octanol–water partition coefficient (Wildman–Crippen LogP) is 1.70. The van der Waals surface area contributed by atoms with E-state index >= 15 is 0 Å². The van der Waals surface area contributed by atoms with Crippen molar-refractivity contribution in [2.75, 3.05) is 20.1 Å². The van der Waals surface area contributed by atoms with Crippen molar-refractivity contribution >= 4 is 17.4 Å². The van der Waals surface area contributed by atoms with Crippen LogP contribution in [-0.4, -0.2) is 43.1 Å². The highest BCUT2D eigenvalue weighted by Gasteiger charge is 2.32. The van der Waals surface area contributed by atoms with Gasteiger partial charge in [-0.2, -0.15) is 13.2 Å². The number of hydrogen-bond acceptors (Lipinski definition) is 5. The number of aliphatic imine (C=N–C) groups is 1. The van der Waals surface area contributed by atoms with E-state index in [4.69, 9.17) is 10.8 Å². The Kier molecular flexibility index (Phi) is 7.52. The smallest absolute Gasteiger partial charge is 0.430 e. The summed E-state index contributed by atoms with van der Waals surface area (Å²) in [6.45, 7) is 1.37. The van der Waals surface area contributed by atoms with Crippen molar-refractivity contribution in [3.63, 3.8) is 0 Å². The van der Waals surface area contributed by atoms with Gasteiger partial charge in [-0.05, 0) is 31.3 Å². The number of nitrogens with two attached hydrogens (primary N) is 1. The number of rotatable bonds is 8. The monoisotopic (exact) mass is 362 g/mol. The number of likely N-dealkylation sites (N-methyl/N-ethyl adjacent to an activating group) is 1. The summed E-state index contributed by atoms with van der Waals surface area (Å²) >= 11 is 0. The van der Waals surface area contributed by atoms with E-state index in [-0.39, 0.29) is 23.9 Å². The number of carbonyl (C=O) groups is 1. The molecule has 0 aromatic heterocycles. The Labute approximate surface area is 141 Å². The lowest BCUT2D eigenvalue weighted by atomic mass is 10.2. The van der Waals surface area contributed by atoms with Crippen LogP contribution in [0.2, 0.25) is 0 Å². The molecule has 0 spiro atoms. The predicted molar refractivity (Wildman–Crippen MR) is 85.1 cm³/mol.